The Morgan fingerprint density at radius 3 is 3.13 bits per heavy atom. The van der Waals surface area contributed by atoms with Gasteiger partial charge in [-0.15, -0.1) is 12.3 Å². The normalized spacial score (nSPS) is 22.8. The Bertz CT molecular complexity index is 243. The Balaban J connectivity index is 2.35. The maximum absolute atomic E-state index is 11.8. The van der Waals surface area contributed by atoms with Crippen LogP contribution in [0.5, 0.6) is 0 Å². The molecular formula is C11H18N2OS. The Labute approximate surface area is 95.8 Å². The van der Waals surface area contributed by atoms with Crippen molar-refractivity contribution in [1.82, 2.24) is 10.6 Å². The van der Waals surface area contributed by atoms with Crippen LogP contribution in [-0.4, -0.2) is 36.0 Å². The van der Waals surface area contributed by atoms with Gasteiger partial charge in [-0.3, -0.25) is 4.79 Å². The fourth-order valence-corrected chi connectivity index (χ4v) is 2.41. The van der Waals surface area contributed by atoms with E-state index in [-0.39, 0.29) is 18.0 Å². The molecule has 0 bridgehead atoms. The van der Waals surface area contributed by atoms with Crippen molar-refractivity contribution >= 4 is 17.7 Å². The first kappa shape index (κ1) is 12.4. The standard InChI is InChI=1S/C11H18N2OS/c1-3-5-9(4-2)13-11(14)10-8-15-7-6-12-10/h1,9-10,12H,4-8H2,2H3,(H,13,14). The van der Waals surface area contributed by atoms with E-state index in [2.05, 4.69) is 16.6 Å². The predicted molar refractivity (Wildman–Crippen MR) is 64.8 cm³/mol. The Kier molecular flexibility index (Phi) is 5.59. The summed E-state index contributed by atoms with van der Waals surface area (Å²) < 4.78 is 0. The Morgan fingerprint density at radius 1 is 1.80 bits per heavy atom. The van der Waals surface area contributed by atoms with E-state index in [9.17, 15) is 4.79 Å². The third kappa shape index (κ3) is 4.15. The number of rotatable bonds is 4. The molecule has 3 nitrogen and oxygen atoms in total. The number of amides is 1. The molecule has 0 saturated carbocycles. The van der Waals surface area contributed by atoms with Crippen molar-refractivity contribution in [1.29, 1.82) is 0 Å². The SMILES string of the molecule is C#CCC(CC)NC(=O)C1CSCCN1. The number of nitrogens with one attached hydrogen (secondary N) is 2. The average Bonchev–Trinajstić information content (AvgIpc) is 2.29. The zero-order chi connectivity index (χ0) is 11.1. The van der Waals surface area contributed by atoms with Crippen molar-refractivity contribution in [3.8, 4) is 12.3 Å². The molecule has 2 atom stereocenters. The fourth-order valence-electron chi connectivity index (χ4n) is 1.48. The maximum Gasteiger partial charge on any atom is 0.238 e. The monoisotopic (exact) mass is 226 g/mol. The second kappa shape index (κ2) is 6.76. The molecule has 0 aromatic rings. The van der Waals surface area contributed by atoms with E-state index in [1.807, 2.05) is 18.7 Å². The quantitative estimate of drug-likeness (QED) is 0.690. The van der Waals surface area contributed by atoms with E-state index in [1.54, 1.807) is 0 Å². The molecule has 15 heavy (non-hydrogen) atoms. The molecule has 0 aromatic carbocycles. The third-order valence-corrected chi connectivity index (χ3v) is 3.50. The lowest BCUT2D eigenvalue weighted by Crippen LogP contribution is -2.51. The van der Waals surface area contributed by atoms with E-state index >= 15 is 0 Å². The molecule has 1 fully saturated rings. The summed E-state index contributed by atoms with van der Waals surface area (Å²) in [6, 6.07) is 0.0757. The van der Waals surface area contributed by atoms with Crippen molar-refractivity contribution in [3.05, 3.63) is 0 Å². The van der Waals surface area contributed by atoms with Gasteiger partial charge in [-0.2, -0.15) is 11.8 Å². The smallest absolute Gasteiger partial charge is 0.238 e. The zero-order valence-corrected chi connectivity index (χ0v) is 9.90. The molecule has 1 rings (SSSR count). The Hall–Kier alpha value is -0.660. The van der Waals surface area contributed by atoms with Gasteiger partial charge in [0.05, 0.1) is 6.04 Å². The van der Waals surface area contributed by atoms with E-state index < -0.39 is 0 Å². The van der Waals surface area contributed by atoms with Gasteiger partial charge in [0.2, 0.25) is 5.91 Å². The van der Waals surface area contributed by atoms with E-state index in [0.717, 1.165) is 24.5 Å². The molecule has 2 N–H and O–H groups in total. The summed E-state index contributed by atoms with van der Waals surface area (Å²) in [6.07, 6.45) is 6.74. The molecule has 4 heteroatoms. The molecule has 84 valence electrons. The van der Waals surface area contributed by atoms with Gasteiger partial charge < -0.3 is 10.6 Å². The summed E-state index contributed by atoms with van der Waals surface area (Å²) in [6.45, 7) is 2.94. The lowest BCUT2D eigenvalue weighted by molar-refractivity contribution is -0.123. The summed E-state index contributed by atoms with van der Waals surface area (Å²) in [4.78, 5) is 11.8. The number of hydrogen-bond donors (Lipinski definition) is 2. The van der Waals surface area contributed by atoms with Crippen LogP contribution >= 0.6 is 11.8 Å². The molecule has 0 aromatic heterocycles. The summed E-state index contributed by atoms with van der Waals surface area (Å²) >= 11 is 1.82. The van der Waals surface area contributed by atoms with Crippen LogP contribution in [0, 0.1) is 12.3 Å². The molecule has 0 radical (unpaired) electrons. The highest BCUT2D eigenvalue weighted by atomic mass is 32.2. The number of carbonyl (C=O) groups excluding carboxylic acids is 1. The average molecular weight is 226 g/mol. The lowest BCUT2D eigenvalue weighted by Gasteiger charge is -2.24. The highest BCUT2D eigenvalue weighted by Gasteiger charge is 2.22. The maximum atomic E-state index is 11.8. The number of thioether (sulfide) groups is 1. The van der Waals surface area contributed by atoms with Crippen LogP contribution in [0.4, 0.5) is 0 Å². The summed E-state index contributed by atoms with van der Waals surface area (Å²) in [7, 11) is 0. The van der Waals surface area contributed by atoms with Crippen LogP contribution in [0.1, 0.15) is 19.8 Å². The van der Waals surface area contributed by atoms with Crippen LogP contribution in [-0.2, 0) is 4.79 Å². The highest BCUT2D eigenvalue weighted by Crippen LogP contribution is 2.08. The highest BCUT2D eigenvalue weighted by molar-refractivity contribution is 7.99. The first-order valence-electron chi connectivity index (χ1n) is 5.33. The van der Waals surface area contributed by atoms with Gasteiger partial charge in [-0.05, 0) is 6.42 Å². The van der Waals surface area contributed by atoms with Gasteiger partial charge in [0.1, 0.15) is 0 Å². The Morgan fingerprint density at radius 2 is 2.60 bits per heavy atom. The molecule has 0 aliphatic carbocycles. The third-order valence-electron chi connectivity index (χ3n) is 2.44. The van der Waals surface area contributed by atoms with Gasteiger partial charge >= 0.3 is 0 Å². The molecule has 1 amide bonds. The van der Waals surface area contributed by atoms with E-state index in [0.29, 0.717) is 6.42 Å². The summed E-state index contributed by atoms with van der Waals surface area (Å²) in [5.74, 6) is 4.62. The van der Waals surface area contributed by atoms with Crippen LogP contribution in [0.25, 0.3) is 0 Å². The van der Waals surface area contributed by atoms with Crippen LogP contribution < -0.4 is 10.6 Å². The first-order valence-corrected chi connectivity index (χ1v) is 6.48. The van der Waals surface area contributed by atoms with Gasteiger partial charge in [-0.1, -0.05) is 6.92 Å². The molecule has 2 unspecified atom stereocenters. The first-order chi connectivity index (χ1) is 7.27. The molecule has 1 aliphatic heterocycles. The number of terminal acetylenes is 1. The van der Waals surface area contributed by atoms with Crippen LogP contribution in [0.3, 0.4) is 0 Å². The van der Waals surface area contributed by atoms with Gasteiger partial charge in [0.25, 0.3) is 0 Å². The van der Waals surface area contributed by atoms with E-state index in [1.165, 1.54) is 0 Å². The minimum Gasteiger partial charge on any atom is -0.351 e. The zero-order valence-electron chi connectivity index (χ0n) is 9.08. The molecule has 1 saturated heterocycles. The van der Waals surface area contributed by atoms with Gasteiger partial charge in [0, 0.05) is 30.5 Å². The summed E-state index contributed by atoms with van der Waals surface area (Å²) in [5.41, 5.74) is 0. The second-order valence-corrected chi connectivity index (χ2v) is 4.75. The molecule has 0 spiro atoms. The minimum atomic E-state index is -0.0458. The lowest BCUT2D eigenvalue weighted by atomic mass is 10.1. The van der Waals surface area contributed by atoms with Crippen LogP contribution in [0.2, 0.25) is 0 Å². The van der Waals surface area contributed by atoms with Gasteiger partial charge in [-0.25, -0.2) is 0 Å². The summed E-state index contributed by atoms with van der Waals surface area (Å²) in [5, 5.41) is 6.19. The van der Waals surface area contributed by atoms with Crippen LogP contribution in [0.15, 0.2) is 0 Å². The van der Waals surface area contributed by atoms with Gasteiger partial charge in [0.15, 0.2) is 0 Å². The topological polar surface area (TPSA) is 41.1 Å². The largest absolute Gasteiger partial charge is 0.351 e. The molecule has 1 heterocycles. The van der Waals surface area contributed by atoms with Crippen molar-refractivity contribution in [3.63, 3.8) is 0 Å². The molecule has 1 aliphatic rings. The number of hydrogen-bond acceptors (Lipinski definition) is 3. The van der Waals surface area contributed by atoms with Crippen molar-refractivity contribution < 1.29 is 4.79 Å². The predicted octanol–water partition coefficient (Wildman–Crippen LogP) is 0.610. The minimum absolute atomic E-state index is 0.0458. The van der Waals surface area contributed by atoms with Crippen molar-refractivity contribution in [2.24, 2.45) is 0 Å². The fraction of sp³-hybridized carbons (Fsp3) is 0.727. The second-order valence-electron chi connectivity index (χ2n) is 3.60. The van der Waals surface area contributed by atoms with Crippen molar-refractivity contribution in [2.75, 3.05) is 18.1 Å². The van der Waals surface area contributed by atoms with Crippen molar-refractivity contribution in [2.45, 2.75) is 31.8 Å². The van der Waals surface area contributed by atoms with E-state index in [4.69, 9.17) is 6.42 Å². The molecular weight excluding hydrogens is 208 g/mol. The number of carbonyl (C=O) groups is 1.